The van der Waals surface area contributed by atoms with Gasteiger partial charge >= 0.3 is 0 Å². The van der Waals surface area contributed by atoms with Crippen LogP contribution >= 0.6 is 0 Å². The van der Waals surface area contributed by atoms with Crippen molar-refractivity contribution in [1.82, 2.24) is 5.43 Å². The Morgan fingerprint density at radius 3 is 2.77 bits per heavy atom. The van der Waals surface area contributed by atoms with Crippen molar-refractivity contribution in [3.05, 3.63) is 59.2 Å². The monoisotopic (exact) mass is 296 g/mol. The molecule has 0 saturated heterocycles. The zero-order chi connectivity index (χ0) is 15.4. The minimum Gasteiger partial charge on any atom is -0.454 e. The maximum absolute atomic E-state index is 11.8. The molecular formula is C17H16N2O3. The van der Waals surface area contributed by atoms with E-state index < -0.39 is 0 Å². The zero-order valence-corrected chi connectivity index (χ0v) is 12.2. The molecule has 1 heterocycles. The molecule has 0 unspecified atom stereocenters. The highest BCUT2D eigenvalue weighted by atomic mass is 16.7. The summed E-state index contributed by atoms with van der Waals surface area (Å²) in [6, 6.07) is 13.3. The maximum atomic E-state index is 11.8. The van der Waals surface area contributed by atoms with E-state index in [1.54, 1.807) is 6.21 Å². The van der Waals surface area contributed by atoms with Crippen molar-refractivity contribution in [3.63, 3.8) is 0 Å². The second-order valence-corrected chi connectivity index (χ2v) is 5.07. The van der Waals surface area contributed by atoms with Gasteiger partial charge < -0.3 is 9.47 Å². The number of nitrogens with one attached hydrogen (secondary N) is 1. The second-order valence-electron chi connectivity index (χ2n) is 5.07. The van der Waals surface area contributed by atoms with E-state index in [0.717, 1.165) is 16.9 Å². The smallest absolute Gasteiger partial charge is 0.244 e. The van der Waals surface area contributed by atoms with E-state index in [-0.39, 0.29) is 12.7 Å². The van der Waals surface area contributed by atoms with E-state index >= 15 is 0 Å². The van der Waals surface area contributed by atoms with E-state index in [0.29, 0.717) is 12.2 Å². The van der Waals surface area contributed by atoms with Crippen LogP contribution in [0.15, 0.2) is 47.6 Å². The Morgan fingerprint density at radius 1 is 1.18 bits per heavy atom. The number of aryl methyl sites for hydroxylation is 1. The van der Waals surface area contributed by atoms with Crippen molar-refractivity contribution in [2.45, 2.75) is 13.3 Å². The first kappa shape index (κ1) is 14.1. The van der Waals surface area contributed by atoms with Crippen LogP contribution in [0.2, 0.25) is 0 Å². The van der Waals surface area contributed by atoms with Crippen LogP contribution in [0.5, 0.6) is 11.5 Å². The Hall–Kier alpha value is -2.82. The molecule has 0 fully saturated rings. The minimum atomic E-state index is -0.152. The molecule has 0 bridgehead atoms. The number of hydrazone groups is 1. The molecule has 1 amide bonds. The van der Waals surface area contributed by atoms with Crippen molar-refractivity contribution in [2.75, 3.05) is 6.79 Å². The highest BCUT2D eigenvalue weighted by Crippen LogP contribution is 2.31. The minimum absolute atomic E-state index is 0.152. The molecule has 5 nitrogen and oxygen atoms in total. The Labute approximate surface area is 128 Å². The lowest BCUT2D eigenvalue weighted by Crippen LogP contribution is -2.19. The van der Waals surface area contributed by atoms with Gasteiger partial charge in [-0.2, -0.15) is 5.10 Å². The Bertz CT molecular complexity index is 708. The molecule has 2 aromatic rings. The van der Waals surface area contributed by atoms with Gasteiger partial charge in [-0.15, -0.1) is 0 Å². The summed E-state index contributed by atoms with van der Waals surface area (Å²) in [5, 5.41) is 3.96. The van der Waals surface area contributed by atoms with Gasteiger partial charge in [0.1, 0.15) is 0 Å². The third kappa shape index (κ3) is 3.44. The van der Waals surface area contributed by atoms with Crippen molar-refractivity contribution >= 4 is 12.1 Å². The van der Waals surface area contributed by atoms with Crippen molar-refractivity contribution < 1.29 is 14.3 Å². The molecular weight excluding hydrogens is 280 g/mol. The summed E-state index contributed by atoms with van der Waals surface area (Å²) in [6.45, 7) is 2.25. The number of benzene rings is 2. The van der Waals surface area contributed by atoms with Crippen LogP contribution in [0.4, 0.5) is 0 Å². The topological polar surface area (TPSA) is 59.9 Å². The van der Waals surface area contributed by atoms with E-state index in [1.165, 1.54) is 5.56 Å². The van der Waals surface area contributed by atoms with Gasteiger partial charge in [-0.25, -0.2) is 5.43 Å². The van der Waals surface area contributed by atoms with Gasteiger partial charge in [0.25, 0.3) is 0 Å². The van der Waals surface area contributed by atoms with Gasteiger partial charge in [0.15, 0.2) is 11.5 Å². The third-order valence-corrected chi connectivity index (χ3v) is 3.28. The van der Waals surface area contributed by atoms with Crippen molar-refractivity contribution in [2.24, 2.45) is 5.10 Å². The van der Waals surface area contributed by atoms with Crippen molar-refractivity contribution in [1.29, 1.82) is 0 Å². The first-order chi connectivity index (χ1) is 10.7. The molecule has 0 spiro atoms. The lowest BCUT2D eigenvalue weighted by atomic mass is 10.1. The van der Waals surface area contributed by atoms with E-state index in [2.05, 4.69) is 10.5 Å². The van der Waals surface area contributed by atoms with Gasteiger partial charge in [-0.1, -0.05) is 29.8 Å². The molecule has 22 heavy (non-hydrogen) atoms. The standard InChI is InChI=1S/C17H16N2O3/c1-12-2-4-13(5-3-12)9-17(20)19-18-10-14-6-7-15-16(8-14)22-11-21-15/h2-8,10H,9,11H2,1H3,(H,19,20)/b18-10-. The molecule has 1 N–H and O–H groups in total. The van der Waals surface area contributed by atoms with Crippen LogP contribution in [0, 0.1) is 6.92 Å². The summed E-state index contributed by atoms with van der Waals surface area (Å²) in [4.78, 5) is 11.8. The third-order valence-electron chi connectivity index (χ3n) is 3.28. The molecule has 1 aliphatic heterocycles. The fourth-order valence-electron chi connectivity index (χ4n) is 2.10. The average molecular weight is 296 g/mol. The van der Waals surface area contributed by atoms with Gasteiger partial charge in [0.05, 0.1) is 12.6 Å². The number of carbonyl (C=O) groups is 1. The summed E-state index contributed by atoms with van der Waals surface area (Å²) in [6.07, 6.45) is 1.88. The molecule has 0 saturated carbocycles. The summed E-state index contributed by atoms with van der Waals surface area (Å²) < 4.78 is 10.5. The quantitative estimate of drug-likeness (QED) is 0.696. The van der Waals surface area contributed by atoms with Crippen molar-refractivity contribution in [3.8, 4) is 11.5 Å². The highest BCUT2D eigenvalue weighted by molar-refractivity contribution is 5.84. The fraction of sp³-hybridized carbons (Fsp3) is 0.176. The SMILES string of the molecule is Cc1ccc(CC(=O)N/N=C\c2ccc3c(c2)OCO3)cc1. The van der Waals surface area contributed by atoms with Crippen LogP contribution in [-0.4, -0.2) is 18.9 Å². The number of ether oxygens (including phenoxy) is 2. The number of rotatable bonds is 4. The van der Waals surface area contributed by atoms with Gasteiger partial charge in [-0.05, 0) is 36.2 Å². The highest BCUT2D eigenvalue weighted by Gasteiger charge is 2.12. The fourth-order valence-corrected chi connectivity index (χ4v) is 2.10. The number of amides is 1. The number of hydrogen-bond donors (Lipinski definition) is 1. The molecule has 5 heteroatoms. The van der Waals surface area contributed by atoms with E-state index in [9.17, 15) is 4.79 Å². The number of hydrogen-bond acceptors (Lipinski definition) is 4. The lowest BCUT2D eigenvalue weighted by molar-refractivity contribution is -0.120. The molecule has 0 radical (unpaired) electrons. The van der Waals surface area contributed by atoms with Crippen LogP contribution in [-0.2, 0) is 11.2 Å². The summed E-state index contributed by atoms with van der Waals surface area (Å²) in [5.41, 5.74) is 5.48. The molecule has 3 rings (SSSR count). The first-order valence-corrected chi connectivity index (χ1v) is 6.98. The van der Waals surface area contributed by atoms with Crippen LogP contribution in [0.3, 0.4) is 0 Å². The van der Waals surface area contributed by atoms with Gasteiger partial charge in [0.2, 0.25) is 12.7 Å². The zero-order valence-electron chi connectivity index (χ0n) is 12.2. The molecule has 0 atom stereocenters. The predicted molar refractivity (Wildman–Crippen MR) is 83.2 cm³/mol. The van der Waals surface area contributed by atoms with E-state index in [4.69, 9.17) is 9.47 Å². The summed E-state index contributed by atoms with van der Waals surface area (Å²) in [5.74, 6) is 1.26. The first-order valence-electron chi connectivity index (χ1n) is 6.98. The summed E-state index contributed by atoms with van der Waals surface area (Å²) in [7, 11) is 0. The van der Waals surface area contributed by atoms with E-state index in [1.807, 2.05) is 49.4 Å². The van der Waals surface area contributed by atoms with Crippen LogP contribution in [0.25, 0.3) is 0 Å². The Morgan fingerprint density at radius 2 is 1.95 bits per heavy atom. The second kappa shape index (κ2) is 6.30. The molecule has 0 aromatic heterocycles. The number of nitrogens with zero attached hydrogens (tertiary/aromatic N) is 1. The maximum Gasteiger partial charge on any atom is 0.244 e. The predicted octanol–water partition coefficient (Wildman–Crippen LogP) is 2.42. The number of fused-ring (bicyclic) bond motifs is 1. The summed E-state index contributed by atoms with van der Waals surface area (Å²) >= 11 is 0. The largest absolute Gasteiger partial charge is 0.454 e. The average Bonchev–Trinajstić information content (AvgIpc) is 2.97. The molecule has 0 aliphatic carbocycles. The Balaban J connectivity index is 1.55. The normalized spacial score (nSPS) is 12.6. The molecule has 1 aliphatic rings. The number of carbonyl (C=O) groups excluding carboxylic acids is 1. The van der Waals surface area contributed by atoms with Crippen LogP contribution < -0.4 is 14.9 Å². The lowest BCUT2D eigenvalue weighted by Gasteiger charge is -2.01. The molecule has 2 aromatic carbocycles. The van der Waals surface area contributed by atoms with Crippen LogP contribution in [0.1, 0.15) is 16.7 Å². The molecule has 112 valence electrons. The van der Waals surface area contributed by atoms with Gasteiger partial charge in [0, 0.05) is 0 Å². The Kier molecular flexibility index (Phi) is 4.05. The van der Waals surface area contributed by atoms with Gasteiger partial charge in [-0.3, -0.25) is 4.79 Å².